The Balaban J connectivity index is 1.38. The van der Waals surface area contributed by atoms with Crippen LogP contribution in [0, 0.1) is 0 Å². The third-order valence-corrected chi connectivity index (χ3v) is 8.22. The topological polar surface area (TPSA) is 106 Å². The maximum Gasteiger partial charge on any atom is 0.281 e. The van der Waals surface area contributed by atoms with Crippen LogP contribution in [-0.4, -0.2) is 53.5 Å². The van der Waals surface area contributed by atoms with E-state index < -0.39 is 5.91 Å². The highest BCUT2D eigenvalue weighted by atomic mass is 35.5. The van der Waals surface area contributed by atoms with Crippen molar-refractivity contribution in [2.24, 2.45) is 10.2 Å². The molecule has 12 heteroatoms. The molecule has 1 aliphatic heterocycles. The molecule has 3 aromatic rings. The molecule has 35 heavy (non-hydrogen) atoms. The van der Waals surface area contributed by atoms with Crippen LogP contribution in [0.2, 0.25) is 10.0 Å². The Morgan fingerprint density at radius 2 is 1.94 bits per heavy atom. The predicted molar refractivity (Wildman–Crippen MR) is 142 cm³/mol. The van der Waals surface area contributed by atoms with E-state index in [0.29, 0.717) is 42.5 Å². The van der Waals surface area contributed by atoms with E-state index in [0.717, 1.165) is 23.3 Å². The van der Waals surface area contributed by atoms with Gasteiger partial charge in [0, 0.05) is 31.6 Å². The van der Waals surface area contributed by atoms with Crippen LogP contribution in [0.15, 0.2) is 45.9 Å². The molecule has 1 aromatic carbocycles. The fourth-order valence-electron chi connectivity index (χ4n) is 3.34. The van der Waals surface area contributed by atoms with E-state index in [2.05, 4.69) is 20.9 Å². The van der Waals surface area contributed by atoms with Gasteiger partial charge in [-0.2, -0.15) is 10.2 Å². The van der Waals surface area contributed by atoms with Crippen LogP contribution in [0.3, 0.4) is 0 Å². The molecule has 2 amide bonds. The maximum atomic E-state index is 12.6. The maximum absolute atomic E-state index is 12.6. The summed E-state index contributed by atoms with van der Waals surface area (Å²) < 4.78 is 0. The number of amides is 2. The van der Waals surface area contributed by atoms with E-state index in [1.165, 1.54) is 11.3 Å². The van der Waals surface area contributed by atoms with Crippen molar-refractivity contribution in [3.63, 3.8) is 0 Å². The average molecular weight is 550 g/mol. The van der Waals surface area contributed by atoms with Crippen LogP contribution in [0.1, 0.15) is 38.3 Å². The fraction of sp³-hybridized carbons (Fsp3) is 0.217. The SMILES string of the molecule is C/C(=N\NC(=O)c1ccc(C(=O)NCC2CC=NN2C)s1)c1csc(-c2ccc(Cl)c(Cl)c2)c1O. The molecular formula is C23H21Cl2N5O3S2. The Bertz CT molecular complexity index is 1330. The summed E-state index contributed by atoms with van der Waals surface area (Å²) in [5.74, 6) is -0.652. The number of benzene rings is 1. The molecule has 8 nitrogen and oxygen atoms in total. The van der Waals surface area contributed by atoms with Crippen LogP contribution < -0.4 is 10.7 Å². The van der Waals surface area contributed by atoms with Crippen molar-refractivity contribution in [3.8, 4) is 16.2 Å². The van der Waals surface area contributed by atoms with Crippen LogP contribution in [0.5, 0.6) is 5.75 Å². The highest BCUT2D eigenvalue weighted by Crippen LogP contribution is 2.40. The molecule has 0 aliphatic carbocycles. The zero-order valence-electron chi connectivity index (χ0n) is 18.7. The summed E-state index contributed by atoms with van der Waals surface area (Å²) in [7, 11) is 1.86. The zero-order valence-corrected chi connectivity index (χ0v) is 21.9. The molecule has 0 saturated carbocycles. The van der Waals surface area contributed by atoms with Gasteiger partial charge >= 0.3 is 0 Å². The van der Waals surface area contributed by atoms with Crippen molar-refractivity contribution in [3.05, 3.63) is 61.1 Å². The van der Waals surface area contributed by atoms with E-state index in [1.807, 2.05) is 18.3 Å². The normalized spacial score (nSPS) is 15.5. The summed E-state index contributed by atoms with van der Waals surface area (Å²) in [5.41, 5.74) is 4.12. The minimum Gasteiger partial charge on any atom is -0.506 e. The molecule has 3 N–H and O–H groups in total. The van der Waals surface area contributed by atoms with Gasteiger partial charge in [0.25, 0.3) is 11.8 Å². The molecule has 0 spiro atoms. The zero-order chi connectivity index (χ0) is 25.1. The molecule has 2 aromatic heterocycles. The Labute approximate surface area is 219 Å². The van der Waals surface area contributed by atoms with Gasteiger partial charge < -0.3 is 10.4 Å². The minimum atomic E-state index is -0.447. The summed E-state index contributed by atoms with van der Waals surface area (Å²) in [4.78, 5) is 26.4. The number of carbonyl (C=O) groups is 2. The number of carbonyl (C=O) groups excluding carboxylic acids is 2. The van der Waals surface area contributed by atoms with Gasteiger partial charge in [0.15, 0.2) is 0 Å². The Kier molecular flexibility index (Phi) is 7.75. The number of nitrogens with one attached hydrogen (secondary N) is 2. The number of hydrazone groups is 2. The standard InChI is InChI=1S/C23H21Cl2N5O3S2/c1-12(15-11-34-21(20(15)31)13-3-4-16(24)17(25)9-13)28-29-23(33)19-6-5-18(35-19)22(32)26-10-14-7-8-27-30(14)2/h3-6,8-9,11,14,31H,7,10H2,1-2H3,(H,26,32)(H,29,33)/b28-12+. The summed E-state index contributed by atoms with van der Waals surface area (Å²) in [6.45, 7) is 2.14. The van der Waals surface area contributed by atoms with E-state index >= 15 is 0 Å². The fourth-order valence-corrected chi connectivity index (χ4v) is 5.45. The van der Waals surface area contributed by atoms with Gasteiger partial charge in [0.2, 0.25) is 0 Å². The molecule has 0 fully saturated rings. The third kappa shape index (κ3) is 5.67. The lowest BCUT2D eigenvalue weighted by Crippen LogP contribution is -2.37. The van der Waals surface area contributed by atoms with E-state index in [1.54, 1.807) is 42.6 Å². The van der Waals surface area contributed by atoms with Gasteiger partial charge in [-0.15, -0.1) is 22.7 Å². The molecule has 0 bridgehead atoms. The first-order valence-corrected chi connectivity index (χ1v) is 12.9. The van der Waals surface area contributed by atoms with Gasteiger partial charge in [0.05, 0.1) is 42.0 Å². The van der Waals surface area contributed by atoms with Crippen molar-refractivity contribution in [1.82, 2.24) is 15.8 Å². The minimum absolute atomic E-state index is 0.0391. The van der Waals surface area contributed by atoms with Crippen molar-refractivity contribution >= 4 is 69.6 Å². The van der Waals surface area contributed by atoms with Gasteiger partial charge in [-0.05, 0) is 36.8 Å². The van der Waals surface area contributed by atoms with Gasteiger partial charge in [-0.1, -0.05) is 29.3 Å². The molecule has 0 saturated heterocycles. The van der Waals surface area contributed by atoms with Crippen molar-refractivity contribution in [2.45, 2.75) is 19.4 Å². The summed E-state index contributed by atoms with van der Waals surface area (Å²) in [5, 5.41) is 26.2. The second kappa shape index (κ2) is 10.8. The number of rotatable bonds is 7. The molecule has 4 rings (SSSR count). The van der Waals surface area contributed by atoms with E-state index in [4.69, 9.17) is 23.2 Å². The lowest BCUT2D eigenvalue weighted by atomic mass is 10.1. The molecule has 1 aliphatic rings. The first kappa shape index (κ1) is 25.2. The first-order valence-electron chi connectivity index (χ1n) is 10.5. The van der Waals surface area contributed by atoms with Gasteiger partial charge in [-0.3, -0.25) is 14.6 Å². The summed E-state index contributed by atoms with van der Waals surface area (Å²) >= 11 is 14.5. The van der Waals surface area contributed by atoms with Crippen molar-refractivity contribution in [1.29, 1.82) is 0 Å². The Morgan fingerprint density at radius 1 is 1.20 bits per heavy atom. The number of hydrogen-bond acceptors (Lipinski definition) is 8. The predicted octanol–water partition coefficient (Wildman–Crippen LogP) is 5.06. The molecule has 3 heterocycles. The van der Waals surface area contributed by atoms with Crippen LogP contribution in [0.4, 0.5) is 0 Å². The van der Waals surface area contributed by atoms with Crippen LogP contribution >= 0.6 is 45.9 Å². The quantitative estimate of drug-likeness (QED) is 0.282. The van der Waals surface area contributed by atoms with Crippen molar-refractivity contribution in [2.75, 3.05) is 13.6 Å². The molecule has 182 valence electrons. The summed E-state index contributed by atoms with van der Waals surface area (Å²) in [6, 6.07) is 8.42. The van der Waals surface area contributed by atoms with Gasteiger partial charge in [-0.25, -0.2) is 5.43 Å². The number of likely N-dealkylation sites (N-methyl/N-ethyl adjacent to an activating group) is 1. The Morgan fingerprint density at radius 3 is 2.63 bits per heavy atom. The number of thiophene rings is 2. The average Bonchev–Trinajstić information content (AvgIpc) is 3.58. The van der Waals surface area contributed by atoms with E-state index in [-0.39, 0.29) is 17.7 Å². The first-order chi connectivity index (χ1) is 16.7. The third-order valence-electron chi connectivity index (χ3n) is 5.38. The number of nitrogens with zero attached hydrogens (tertiary/aromatic N) is 3. The van der Waals surface area contributed by atoms with E-state index in [9.17, 15) is 14.7 Å². The molecular weight excluding hydrogens is 529 g/mol. The van der Waals surface area contributed by atoms with Gasteiger partial charge in [0.1, 0.15) is 5.75 Å². The molecule has 0 radical (unpaired) electrons. The van der Waals surface area contributed by atoms with Crippen LogP contribution in [0.25, 0.3) is 10.4 Å². The second-order valence-electron chi connectivity index (χ2n) is 7.73. The smallest absolute Gasteiger partial charge is 0.281 e. The molecule has 1 atom stereocenters. The molecule has 1 unspecified atom stereocenters. The van der Waals surface area contributed by atoms with Crippen LogP contribution in [-0.2, 0) is 0 Å². The number of hydrogen-bond donors (Lipinski definition) is 3. The highest BCUT2D eigenvalue weighted by Gasteiger charge is 2.20. The lowest BCUT2D eigenvalue weighted by Gasteiger charge is -2.18. The Hall–Kier alpha value is -2.92. The monoisotopic (exact) mass is 549 g/mol. The second-order valence-corrected chi connectivity index (χ2v) is 10.5. The number of aromatic hydroxyl groups is 1. The largest absolute Gasteiger partial charge is 0.506 e. The van der Waals surface area contributed by atoms with Crippen molar-refractivity contribution < 1.29 is 14.7 Å². The highest BCUT2D eigenvalue weighted by molar-refractivity contribution is 7.16. The number of halogens is 2. The lowest BCUT2D eigenvalue weighted by molar-refractivity contribution is 0.0943. The summed E-state index contributed by atoms with van der Waals surface area (Å²) in [6.07, 6.45) is 2.59.